The minimum atomic E-state index is -0.0105. The SMILES string of the molecule is CC1(C)CSC(Nc2ccc(C#N)c(Cl)c2)=N1. The molecular formula is C12H12ClN3S. The predicted octanol–water partition coefficient (Wildman–Crippen LogP) is 3.50. The normalized spacial score (nSPS) is 17.4. The third kappa shape index (κ3) is 2.93. The Morgan fingerprint density at radius 1 is 1.53 bits per heavy atom. The van der Waals surface area contributed by atoms with Crippen molar-refractivity contribution in [3.05, 3.63) is 28.8 Å². The largest absolute Gasteiger partial charge is 0.335 e. The van der Waals surface area contributed by atoms with E-state index in [0.29, 0.717) is 10.6 Å². The van der Waals surface area contributed by atoms with Crippen LogP contribution in [-0.4, -0.2) is 16.5 Å². The van der Waals surface area contributed by atoms with Crippen molar-refractivity contribution in [2.45, 2.75) is 19.4 Å². The first kappa shape index (κ1) is 12.3. The fourth-order valence-corrected chi connectivity index (χ4v) is 2.73. The van der Waals surface area contributed by atoms with Gasteiger partial charge in [0.1, 0.15) is 6.07 Å². The van der Waals surface area contributed by atoms with Crippen LogP contribution >= 0.6 is 23.4 Å². The highest BCUT2D eigenvalue weighted by atomic mass is 35.5. The fourth-order valence-electron chi connectivity index (χ4n) is 1.46. The maximum Gasteiger partial charge on any atom is 0.161 e. The summed E-state index contributed by atoms with van der Waals surface area (Å²) in [5.41, 5.74) is 1.33. The summed E-state index contributed by atoms with van der Waals surface area (Å²) in [6.07, 6.45) is 0. The highest BCUT2D eigenvalue weighted by Gasteiger charge is 2.25. The molecule has 0 saturated carbocycles. The van der Waals surface area contributed by atoms with E-state index in [1.54, 1.807) is 23.9 Å². The number of hydrogen-bond acceptors (Lipinski definition) is 4. The summed E-state index contributed by atoms with van der Waals surface area (Å²) in [6.45, 7) is 4.20. The number of aliphatic imine (C=N–C) groups is 1. The van der Waals surface area contributed by atoms with Crippen molar-refractivity contribution in [1.82, 2.24) is 0 Å². The lowest BCUT2D eigenvalue weighted by Crippen LogP contribution is -2.15. The van der Waals surface area contributed by atoms with Crippen LogP contribution in [0, 0.1) is 11.3 Å². The second-order valence-electron chi connectivity index (χ2n) is 4.45. The van der Waals surface area contributed by atoms with E-state index in [-0.39, 0.29) is 5.54 Å². The molecule has 0 aliphatic carbocycles. The Morgan fingerprint density at radius 2 is 2.29 bits per heavy atom. The van der Waals surface area contributed by atoms with Gasteiger partial charge in [0.15, 0.2) is 5.17 Å². The summed E-state index contributed by atoms with van der Waals surface area (Å²) in [4.78, 5) is 4.55. The van der Waals surface area contributed by atoms with Gasteiger partial charge < -0.3 is 5.32 Å². The number of amidine groups is 1. The molecule has 0 fully saturated rings. The lowest BCUT2D eigenvalue weighted by atomic mass is 10.1. The van der Waals surface area contributed by atoms with Crippen molar-refractivity contribution in [1.29, 1.82) is 5.26 Å². The fraction of sp³-hybridized carbons (Fsp3) is 0.333. The summed E-state index contributed by atoms with van der Waals surface area (Å²) in [6, 6.07) is 7.32. The van der Waals surface area contributed by atoms with E-state index in [2.05, 4.69) is 24.2 Å². The summed E-state index contributed by atoms with van der Waals surface area (Å²) in [7, 11) is 0. The third-order valence-electron chi connectivity index (χ3n) is 2.31. The molecule has 1 aromatic rings. The van der Waals surface area contributed by atoms with Gasteiger partial charge in [-0.3, -0.25) is 4.99 Å². The predicted molar refractivity (Wildman–Crippen MR) is 73.8 cm³/mol. The van der Waals surface area contributed by atoms with Gasteiger partial charge in [-0.1, -0.05) is 23.4 Å². The quantitative estimate of drug-likeness (QED) is 0.845. The van der Waals surface area contributed by atoms with Crippen LogP contribution in [0.2, 0.25) is 5.02 Å². The van der Waals surface area contributed by atoms with Crippen LogP contribution in [0.3, 0.4) is 0 Å². The first-order valence-electron chi connectivity index (χ1n) is 5.19. The summed E-state index contributed by atoms with van der Waals surface area (Å²) >= 11 is 7.65. The van der Waals surface area contributed by atoms with Gasteiger partial charge in [-0.15, -0.1) is 0 Å². The number of anilines is 1. The third-order valence-corrected chi connectivity index (χ3v) is 3.94. The average molecular weight is 266 g/mol. The van der Waals surface area contributed by atoms with E-state index in [4.69, 9.17) is 16.9 Å². The zero-order chi connectivity index (χ0) is 12.5. The Balaban J connectivity index is 2.16. The highest BCUT2D eigenvalue weighted by Crippen LogP contribution is 2.28. The second kappa shape index (κ2) is 4.59. The lowest BCUT2D eigenvalue weighted by Gasteiger charge is -2.09. The van der Waals surface area contributed by atoms with Crippen molar-refractivity contribution in [3.63, 3.8) is 0 Å². The number of benzene rings is 1. The monoisotopic (exact) mass is 265 g/mol. The summed E-state index contributed by atoms with van der Waals surface area (Å²) in [5, 5.41) is 13.3. The van der Waals surface area contributed by atoms with E-state index in [9.17, 15) is 0 Å². The smallest absolute Gasteiger partial charge is 0.161 e. The minimum absolute atomic E-state index is 0.0105. The molecule has 1 N–H and O–H groups in total. The van der Waals surface area contributed by atoms with Crippen molar-refractivity contribution < 1.29 is 0 Å². The van der Waals surface area contributed by atoms with Gasteiger partial charge in [-0.2, -0.15) is 5.26 Å². The molecule has 2 rings (SSSR count). The van der Waals surface area contributed by atoms with Crippen molar-refractivity contribution >= 4 is 34.2 Å². The molecule has 0 saturated heterocycles. The van der Waals surface area contributed by atoms with Crippen molar-refractivity contribution in [2.24, 2.45) is 4.99 Å². The molecule has 1 aliphatic heterocycles. The molecule has 0 amide bonds. The van der Waals surface area contributed by atoms with Crippen LogP contribution in [0.4, 0.5) is 5.69 Å². The molecule has 0 unspecified atom stereocenters. The van der Waals surface area contributed by atoms with Crippen LogP contribution in [-0.2, 0) is 0 Å². The van der Waals surface area contributed by atoms with Gasteiger partial charge in [-0.25, -0.2) is 0 Å². The number of thioether (sulfide) groups is 1. The van der Waals surface area contributed by atoms with Crippen LogP contribution in [0.1, 0.15) is 19.4 Å². The number of nitrogens with one attached hydrogen (secondary N) is 1. The first-order chi connectivity index (χ1) is 8.00. The highest BCUT2D eigenvalue weighted by molar-refractivity contribution is 8.14. The van der Waals surface area contributed by atoms with E-state index in [1.165, 1.54) is 0 Å². The van der Waals surface area contributed by atoms with E-state index >= 15 is 0 Å². The maximum absolute atomic E-state index is 8.78. The first-order valence-corrected chi connectivity index (χ1v) is 6.56. The Morgan fingerprint density at radius 3 is 2.82 bits per heavy atom. The minimum Gasteiger partial charge on any atom is -0.335 e. The van der Waals surface area contributed by atoms with Gasteiger partial charge in [0.05, 0.1) is 16.1 Å². The van der Waals surface area contributed by atoms with Crippen LogP contribution in [0.15, 0.2) is 23.2 Å². The molecule has 1 heterocycles. The molecule has 17 heavy (non-hydrogen) atoms. The van der Waals surface area contributed by atoms with Crippen LogP contribution in [0.5, 0.6) is 0 Å². The Kier molecular flexibility index (Phi) is 3.32. The summed E-state index contributed by atoms with van der Waals surface area (Å²) < 4.78 is 0. The van der Waals surface area contributed by atoms with Crippen molar-refractivity contribution in [2.75, 3.05) is 11.1 Å². The topological polar surface area (TPSA) is 48.2 Å². The molecule has 0 aromatic heterocycles. The van der Waals surface area contributed by atoms with Gasteiger partial charge in [0.25, 0.3) is 0 Å². The Bertz CT molecular complexity index is 517. The summed E-state index contributed by atoms with van der Waals surface area (Å²) in [5.74, 6) is 0.972. The van der Waals surface area contributed by atoms with Gasteiger partial charge in [0.2, 0.25) is 0 Å². The number of rotatable bonds is 1. The molecule has 1 aromatic carbocycles. The number of hydrogen-bond donors (Lipinski definition) is 1. The molecule has 0 bridgehead atoms. The van der Waals surface area contributed by atoms with Gasteiger partial charge >= 0.3 is 0 Å². The number of halogens is 1. The van der Waals surface area contributed by atoms with Crippen molar-refractivity contribution in [3.8, 4) is 6.07 Å². The zero-order valence-corrected chi connectivity index (χ0v) is 11.2. The van der Waals surface area contributed by atoms with Gasteiger partial charge in [-0.05, 0) is 32.0 Å². The van der Waals surface area contributed by atoms with E-state index in [0.717, 1.165) is 16.6 Å². The van der Waals surface area contributed by atoms with Crippen LogP contribution < -0.4 is 5.32 Å². The Hall–Kier alpha value is -1.18. The molecule has 0 atom stereocenters. The molecule has 3 nitrogen and oxygen atoms in total. The molecule has 0 radical (unpaired) electrons. The second-order valence-corrected chi connectivity index (χ2v) is 5.82. The number of nitrogens with zero attached hydrogens (tertiary/aromatic N) is 2. The zero-order valence-electron chi connectivity index (χ0n) is 9.62. The van der Waals surface area contributed by atoms with Gasteiger partial charge in [0, 0.05) is 11.4 Å². The molecule has 88 valence electrons. The van der Waals surface area contributed by atoms with E-state index in [1.807, 2.05) is 12.1 Å². The Labute approximate surface area is 110 Å². The van der Waals surface area contributed by atoms with Crippen LogP contribution in [0.25, 0.3) is 0 Å². The number of nitriles is 1. The van der Waals surface area contributed by atoms with E-state index < -0.39 is 0 Å². The molecule has 5 heteroatoms. The lowest BCUT2D eigenvalue weighted by molar-refractivity contribution is 0.605. The standard InChI is InChI=1S/C12H12ClN3S/c1-12(2)7-17-11(16-12)15-9-4-3-8(6-14)10(13)5-9/h3-5H,7H2,1-2H3,(H,15,16). The average Bonchev–Trinajstić information content (AvgIpc) is 2.58. The molecule has 0 spiro atoms. The molecule has 1 aliphatic rings. The molecular weight excluding hydrogens is 254 g/mol. The maximum atomic E-state index is 8.78.